The van der Waals surface area contributed by atoms with Gasteiger partial charge >= 0.3 is 12.2 Å². The van der Waals surface area contributed by atoms with E-state index in [0.29, 0.717) is 11.5 Å². The molecular formula is C37H31N3O8. The van der Waals surface area contributed by atoms with Crippen LogP contribution in [0.1, 0.15) is 0 Å². The first-order valence-electron chi connectivity index (χ1n) is 15.4. The third-order valence-electron chi connectivity index (χ3n) is 7.74. The lowest BCUT2D eigenvalue weighted by Crippen LogP contribution is -2.17. The molecule has 0 atom stereocenters. The first kappa shape index (κ1) is 30.7. The van der Waals surface area contributed by atoms with E-state index in [1.807, 2.05) is 97.1 Å². The Morgan fingerprint density at radius 3 is 1.50 bits per heavy atom. The topological polar surface area (TPSA) is 112 Å². The molecule has 7 aromatic rings. The van der Waals surface area contributed by atoms with Gasteiger partial charge in [0, 0.05) is 27.6 Å². The third-order valence-corrected chi connectivity index (χ3v) is 7.74. The second kappa shape index (κ2) is 14.2. The highest BCUT2D eigenvalue weighted by molar-refractivity contribution is 6.13. The molecular weight excluding hydrogens is 614 g/mol. The number of ether oxygens (including phenoxy) is 6. The zero-order valence-electron chi connectivity index (χ0n) is 25.8. The van der Waals surface area contributed by atoms with Gasteiger partial charge < -0.3 is 28.4 Å². The van der Waals surface area contributed by atoms with Crippen molar-refractivity contribution in [2.45, 2.75) is 0 Å². The number of nitrogens with zero attached hydrogens (tertiary/aromatic N) is 3. The van der Waals surface area contributed by atoms with Crippen LogP contribution >= 0.6 is 0 Å². The minimum Gasteiger partial charge on any atom is -0.489 e. The lowest BCUT2D eigenvalue weighted by Gasteiger charge is -2.11. The average Bonchev–Trinajstić information content (AvgIpc) is 3.64. The molecule has 7 rings (SSSR count). The second-order valence-corrected chi connectivity index (χ2v) is 10.7. The molecule has 3 aromatic heterocycles. The second-order valence-electron chi connectivity index (χ2n) is 10.7. The fraction of sp³-hybridized carbons (Fsp3) is 0.162. The Labute approximate surface area is 274 Å². The maximum Gasteiger partial charge on any atom is 0.421 e. The summed E-state index contributed by atoms with van der Waals surface area (Å²) in [6.45, 7) is 0.376. The quantitative estimate of drug-likeness (QED) is 0.0993. The van der Waals surface area contributed by atoms with Crippen LogP contribution in [0.25, 0.3) is 43.6 Å². The monoisotopic (exact) mass is 645 g/mol. The fourth-order valence-corrected chi connectivity index (χ4v) is 5.67. The van der Waals surface area contributed by atoms with Crippen molar-refractivity contribution in [1.29, 1.82) is 0 Å². The summed E-state index contributed by atoms with van der Waals surface area (Å²) in [6, 6.07) is 32.4. The summed E-state index contributed by atoms with van der Waals surface area (Å²) in [5.41, 5.74) is 3.10. The minimum atomic E-state index is -0.548. The molecule has 11 heteroatoms. The van der Waals surface area contributed by atoms with Crippen molar-refractivity contribution in [3.8, 4) is 11.5 Å². The first-order chi connectivity index (χ1) is 23.7. The van der Waals surface area contributed by atoms with Crippen molar-refractivity contribution in [2.24, 2.45) is 0 Å². The first-order valence-corrected chi connectivity index (χ1v) is 15.4. The van der Waals surface area contributed by atoms with Crippen LogP contribution in [0.3, 0.4) is 0 Å². The Balaban J connectivity index is 0.812. The minimum absolute atomic E-state index is 0.0957. The molecule has 48 heavy (non-hydrogen) atoms. The number of carbonyl (C=O) groups excluding carboxylic acids is 2. The number of pyridine rings is 1. The van der Waals surface area contributed by atoms with E-state index in [9.17, 15) is 9.59 Å². The van der Waals surface area contributed by atoms with Gasteiger partial charge in [-0.25, -0.2) is 18.7 Å². The van der Waals surface area contributed by atoms with Crippen LogP contribution in [0.15, 0.2) is 116 Å². The SMILES string of the molecule is O=C(OCCOCCOc1cncc(OCOCOC(=O)n2c3ccccc3c3ccccc32)c1)n1c2ccccc2c2ccccc21. The average molecular weight is 646 g/mol. The van der Waals surface area contributed by atoms with Gasteiger partial charge in [0.2, 0.25) is 0 Å². The molecule has 0 saturated carbocycles. The van der Waals surface area contributed by atoms with Gasteiger partial charge in [-0.3, -0.25) is 4.98 Å². The van der Waals surface area contributed by atoms with E-state index in [2.05, 4.69) is 4.98 Å². The maximum atomic E-state index is 12.9. The van der Waals surface area contributed by atoms with Gasteiger partial charge in [-0.2, -0.15) is 0 Å². The number of fused-ring (bicyclic) bond motifs is 6. The van der Waals surface area contributed by atoms with E-state index in [-0.39, 0.29) is 40.0 Å². The molecule has 0 aliphatic carbocycles. The van der Waals surface area contributed by atoms with Gasteiger partial charge in [0.1, 0.15) is 24.7 Å². The molecule has 0 N–H and O–H groups in total. The van der Waals surface area contributed by atoms with Crippen LogP contribution in [-0.4, -0.2) is 66.3 Å². The van der Waals surface area contributed by atoms with E-state index in [1.165, 1.54) is 10.8 Å². The Kier molecular flexibility index (Phi) is 9.12. The molecule has 3 heterocycles. The van der Waals surface area contributed by atoms with Crippen molar-refractivity contribution < 1.29 is 38.0 Å². The van der Waals surface area contributed by atoms with E-state index in [0.717, 1.165) is 43.6 Å². The molecule has 0 aliphatic heterocycles. The van der Waals surface area contributed by atoms with Crippen LogP contribution in [0.5, 0.6) is 11.5 Å². The zero-order chi connectivity index (χ0) is 32.7. The smallest absolute Gasteiger partial charge is 0.421 e. The van der Waals surface area contributed by atoms with Crippen LogP contribution in [0, 0.1) is 0 Å². The van der Waals surface area contributed by atoms with Crippen molar-refractivity contribution in [3.05, 3.63) is 116 Å². The summed E-state index contributed by atoms with van der Waals surface area (Å²) in [4.78, 5) is 30.0. The van der Waals surface area contributed by atoms with Gasteiger partial charge in [-0.15, -0.1) is 0 Å². The number of carbonyl (C=O) groups is 2. The Morgan fingerprint density at radius 1 is 0.500 bits per heavy atom. The van der Waals surface area contributed by atoms with E-state index >= 15 is 0 Å². The van der Waals surface area contributed by atoms with Crippen LogP contribution in [0.4, 0.5) is 9.59 Å². The third kappa shape index (κ3) is 6.37. The maximum absolute atomic E-state index is 12.9. The summed E-state index contributed by atoms with van der Waals surface area (Å²) in [7, 11) is 0. The molecule has 0 unspecified atom stereocenters. The molecule has 0 saturated heterocycles. The van der Waals surface area contributed by atoms with Gasteiger partial charge in [-0.1, -0.05) is 72.8 Å². The van der Waals surface area contributed by atoms with Crippen molar-refractivity contribution in [2.75, 3.05) is 40.0 Å². The van der Waals surface area contributed by atoms with Crippen LogP contribution in [0.2, 0.25) is 0 Å². The van der Waals surface area contributed by atoms with Gasteiger partial charge in [0.05, 0.1) is 47.7 Å². The molecule has 0 aliphatic rings. The summed E-state index contributed by atoms with van der Waals surface area (Å²) < 4.78 is 36.2. The van der Waals surface area contributed by atoms with E-state index in [4.69, 9.17) is 28.4 Å². The number of rotatable bonds is 12. The summed E-state index contributed by atoms with van der Waals surface area (Å²) in [5, 5.41) is 3.92. The lowest BCUT2D eigenvalue weighted by molar-refractivity contribution is -0.0701. The fourth-order valence-electron chi connectivity index (χ4n) is 5.67. The summed E-state index contributed by atoms with van der Waals surface area (Å²) in [6.07, 6.45) is 2.06. The summed E-state index contributed by atoms with van der Waals surface area (Å²) in [5.74, 6) is 0.894. The lowest BCUT2D eigenvalue weighted by atomic mass is 10.2. The van der Waals surface area contributed by atoms with Gasteiger partial charge in [0.15, 0.2) is 13.6 Å². The number of benzene rings is 4. The van der Waals surface area contributed by atoms with Crippen LogP contribution in [-0.2, 0) is 18.9 Å². The highest BCUT2D eigenvalue weighted by Crippen LogP contribution is 2.30. The molecule has 0 radical (unpaired) electrons. The summed E-state index contributed by atoms with van der Waals surface area (Å²) >= 11 is 0. The molecule has 0 spiro atoms. The highest BCUT2D eigenvalue weighted by atomic mass is 16.7. The Bertz CT molecular complexity index is 2120. The van der Waals surface area contributed by atoms with Gasteiger partial charge in [0.25, 0.3) is 0 Å². The Morgan fingerprint density at radius 2 is 0.958 bits per heavy atom. The predicted molar refractivity (Wildman–Crippen MR) is 180 cm³/mol. The van der Waals surface area contributed by atoms with Crippen molar-refractivity contribution in [1.82, 2.24) is 14.1 Å². The predicted octanol–water partition coefficient (Wildman–Crippen LogP) is 7.37. The van der Waals surface area contributed by atoms with Crippen molar-refractivity contribution in [3.63, 3.8) is 0 Å². The Hall–Kier alpha value is -5.91. The van der Waals surface area contributed by atoms with E-state index in [1.54, 1.807) is 16.8 Å². The molecule has 0 bridgehead atoms. The van der Waals surface area contributed by atoms with Crippen molar-refractivity contribution >= 4 is 55.8 Å². The molecule has 242 valence electrons. The number of aromatic nitrogens is 3. The largest absolute Gasteiger partial charge is 0.489 e. The number of hydrogen-bond acceptors (Lipinski definition) is 9. The molecule has 11 nitrogen and oxygen atoms in total. The molecule has 4 aromatic carbocycles. The van der Waals surface area contributed by atoms with E-state index < -0.39 is 12.2 Å². The number of hydrogen-bond donors (Lipinski definition) is 0. The standard InChI is InChI=1S/C37H31N3O8/c41-36(39-32-13-5-1-9-28(32)29-10-2-6-14-33(29)39)46-20-18-43-17-19-45-26-21-27(23-38-22-26)47-24-44-25-48-37(42)40-34-15-7-3-11-30(34)31-12-4-8-16-35(31)40/h1-16,21-23H,17-20,24-25H2. The van der Waals surface area contributed by atoms with Crippen LogP contribution < -0.4 is 9.47 Å². The zero-order valence-corrected chi connectivity index (χ0v) is 25.8. The highest BCUT2D eigenvalue weighted by Gasteiger charge is 2.17. The molecule has 0 amide bonds. The molecule has 0 fully saturated rings. The van der Waals surface area contributed by atoms with Gasteiger partial charge in [-0.05, 0) is 24.3 Å². The normalized spacial score (nSPS) is 11.3. The number of para-hydroxylation sites is 4.